The summed E-state index contributed by atoms with van der Waals surface area (Å²) in [5.41, 5.74) is 8.32. The second-order valence-electron chi connectivity index (χ2n) is 6.25. The molecule has 0 bridgehead atoms. The minimum Gasteiger partial charge on any atom is -0.371 e. The van der Waals surface area contributed by atoms with Crippen LogP contribution >= 0.6 is 0 Å². The highest BCUT2D eigenvalue weighted by atomic mass is 19.4. The minimum atomic E-state index is -4.27. The second kappa shape index (κ2) is 6.85. The molecule has 2 aromatic rings. The van der Waals surface area contributed by atoms with Crippen molar-refractivity contribution >= 4 is 5.69 Å². The standard InChI is InChI=1S/C19H21F3N2/c20-19(21,22)17-5-3-15(4-6-17)16-9-11-24(12-10-16)18-7-1-14(13-23)2-8-18/h1-8,16H,9-13,23H2. The SMILES string of the molecule is NCc1ccc(N2CCC(c3ccc(C(F)(F)F)cc3)CC2)cc1. The molecule has 1 aliphatic heterocycles. The van der Waals surface area contributed by atoms with Gasteiger partial charge >= 0.3 is 6.18 Å². The molecule has 0 radical (unpaired) electrons. The van der Waals surface area contributed by atoms with E-state index in [9.17, 15) is 13.2 Å². The Balaban J connectivity index is 1.62. The Morgan fingerprint density at radius 1 is 0.917 bits per heavy atom. The highest BCUT2D eigenvalue weighted by molar-refractivity contribution is 5.48. The molecule has 0 amide bonds. The van der Waals surface area contributed by atoms with E-state index in [1.807, 2.05) is 12.1 Å². The van der Waals surface area contributed by atoms with Gasteiger partial charge in [0.1, 0.15) is 0 Å². The highest BCUT2D eigenvalue weighted by Gasteiger charge is 2.30. The monoisotopic (exact) mass is 334 g/mol. The van der Waals surface area contributed by atoms with Crippen molar-refractivity contribution in [2.45, 2.75) is 31.5 Å². The smallest absolute Gasteiger partial charge is 0.371 e. The van der Waals surface area contributed by atoms with E-state index in [1.165, 1.54) is 17.8 Å². The van der Waals surface area contributed by atoms with E-state index < -0.39 is 11.7 Å². The Bertz CT molecular complexity index is 655. The molecule has 0 spiro atoms. The summed E-state index contributed by atoms with van der Waals surface area (Å²) in [4.78, 5) is 2.32. The highest BCUT2D eigenvalue weighted by Crippen LogP contribution is 2.33. The average molecular weight is 334 g/mol. The molecule has 0 atom stereocenters. The first-order valence-electron chi connectivity index (χ1n) is 8.18. The van der Waals surface area contributed by atoms with E-state index in [2.05, 4.69) is 17.0 Å². The summed E-state index contributed by atoms with van der Waals surface area (Å²) in [5, 5.41) is 0. The lowest BCUT2D eigenvalue weighted by Crippen LogP contribution is -2.32. The lowest BCUT2D eigenvalue weighted by Gasteiger charge is -2.34. The first kappa shape index (κ1) is 16.8. The van der Waals surface area contributed by atoms with Crippen LogP contribution in [0.15, 0.2) is 48.5 Å². The zero-order valence-electron chi connectivity index (χ0n) is 13.4. The molecule has 1 aliphatic rings. The fourth-order valence-corrected chi connectivity index (χ4v) is 3.26. The molecule has 2 N–H and O–H groups in total. The van der Waals surface area contributed by atoms with Crippen LogP contribution in [0.5, 0.6) is 0 Å². The Morgan fingerprint density at radius 3 is 2.00 bits per heavy atom. The van der Waals surface area contributed by atoms with E-state index >= 15 is 0 Å². The molecule has 1 heterocycles. The van der Waals surface area contributed by atoms with Gasteiger partial charge in [-0.3, -0.25) is 0 Å². The van der Waals surface area contributed by atoms with Crippen molar-refractivity contribution in [2.75, 3.05) is 18.0 Å². The molecule has 2 nitrogen and oxygen atoms in total. The van der Waals surface area contributed by atoms with Gasteiger partial charge in [-0.15, -0.1) is 0 Å². The topological polar surface area (TPSA) is 29.3 Å². The molecule has 0 aromatic heterocycles. The van der Waals surface area contributed by atoms with E-state index in [1.54, 1.807) is 12.1 Å². The summed E-state index contributed by atoms with van der Waals surface area (Å²) in [7, 11) is 0. The molecule has 2 aromatic carbocycles. The predicted molar refractivity (Wildman–Crippen MR) is 90.0 cm³/mol. The van der Waals surface area contributed by atoms with Crippen LogP contribution < -0.4 is 10.6 Å². The summed E-state index contributed by atoms with van der Waals surface area (Å²) in [6.07, 6.45) is -2.37. The Kier molecular flexibility index (Phi) is 4.81. The van der Waals surface area contributed by atoms with Crippen molar-refractivity contribution in [1.82, 2.24) is 0 Å². The van der Waals surface area contributed by atoms with Crippen molar-refractivity contribution in [2.24, 2.45) is 5.73 Å². The van der Waals surface area contributed by atoms with Gasteiger partial charge in [-0.05, 0) is 54.2 Å². The average Bonchev–Trinajstić information content (AvgIpc) is 2.61. The number of nitrogens with zero attached hydrogens (tertiary/aromatic N) is 1. The maximum Gasteiger partial charge on any atom is 0.416 e. The summed E-state index contributed by atoms with van der Waals surface area (Å²) in [6.45, 7) is 2.36. The largest absolute Gasteiger partial charge is 0.416 e. The number of benzene rings is 2. The van der Waals surface area contributed by atoms with E-state index in [0.29, 0.717) is 12.5 Å². The van der Waals surface area contributed by atoms with Gasteiger partial charge in [0, 0.05) is 25.3 Å². The number of piperidine rings is 1. The van der Waals surface area contributed by atoms with Gasteiger partial charge in [0.05, 0.1) is 5.56 Å². The molecule has 1 fully saturated rings. The molecular formula is C19H21F3N2. The number of halogens is 3. The summed E-state index contributed by atoms with van der Waals surface area (Å²) >= 11 is 0. The summed E-state index contributed by atoms with van der Waals surface area (Å²) in [5.74, 6) is 0.326. The number of rotatable bonds is 3. The maximum atomic E-state index is 12.6. The third-order valence-electron chi connectivity index (χ3n) is 4.74. The molecule has 0 aliphatic carbocycles. The zero-order valence-corrected chi connectivity index (χ0v) is 13.4. The first-order valence-corrected chi connectivity index (χ1v) is 8.18. The minimum absolute atomic E-state index is 0.326. The van der Waals surface area contributed by atoms with Crippen LogP contribution in [0.2, 0.25) is 0 Å². The molecule has 1 saturated heterocycles. The first-order chi connectivity index (χ1) is 11.5. The van der Waals surface area contributed by atoms with Gasteiger partial charge in [0.2, 0.25) is 0 Å². The third-order valence-corrected chi connectivity index (χ3v) is 4.74. The van der Waals surface area contributed by atoms with Gasteiger partial charge in [-0.2, -0.15) is 13.2 Å². The van der Waals surface area contributed by atoms with E-state index in [4.69, 9.17) is 5.73 Å². The molecule has 3 rings (SSSR count). The van der Waals surface area contributed by atoms with E-state index in [0.717, 1.165) is 37.1 Å². The zero-order chi connectivity index (χ0) is 17.2. The lowest BCUT2D eigenvalue weighted by molar-refractivity contribution is -0.137. The molecular weight excluding hydrogens is 313 g/mol. The molecule has 0 unspecified atom stereocenters. The number of hydrogen-bond donors (Lipinski definition) is 1. The van der Waals surface area contributed by atoms with Crippen LogP contribution in [0.25, 0.3) is 0 Å². The lowest BCUT2D eigenvalue weighted by atomic mass is 9.88. The predicted octanol–water partition coefficient (Wildman–Crippen LogP) is 4.55. The molecule has 24 heavy (non-hydrogen) atoms. The number of hydrogen-bond acceptors (Lipinski definition) is 2. The van der Waals surface area contributed by atoms with Crippen LogP contribution in [-0.4, -0.2) is 13.1 Å². The van der Waals surface area contributed by atoms with Gasteiger partial charge in [-0.25, -0.2) is 0 Å². The van der Waals surface area contributed by atoms with Gasteiger partial charge in [0.15, 0.2) is 0 Å². The summed E-state index contributed by atoms with van der Waals surface area (Å²) in [6, 6.07) is 13.9. The number of alkyl halides is 3. The van der Waals surface area contributed by atoms with E-state index in [-0.39, 0.29) is 0 Å². The van der Waals surface area contributed by atoms with Crippen molar-refractivity contribution in [1.29, 1.82) is 0 Å². The van der Waals surface area contributed by atoms with Crippen molar-refractivity contribution in [3.63, 3.8) is 0 Å². The van der Waals surface area contributed by atoms with Crippen molar-refractivity contribution in [3.05, 3.63) is 65.2 Å². The van der Waals surface area contributed by atoms with Crippen LogP contribution in [-0.2, 0) is 12.7 Å². The van der Waals surface area contributed by atoms with Crippen molar-refractivity contribution < 1.29 is 13.2 Å². The van der Waals surface area contributed by atoms with Crippen LogP contribution in [0, 0.1) is 0 Å². The second-order valence-corrected chi connectivity index (χ2v) is 6.25. The maximum absolute atomic E-state index is 12.6. The Labute approximate surface area is 140 Å². The Hall–Kier alpha value is -2.01. The van der Waals surface area contributed by atoms with Crippen LogP contribution in [0.4, 0.5) is 18.9 Å². The number of nitrogens with two attached hydrogens (primary N) is 1. The molecule has 5 heteroatoms. The number of anilines is 1. The third kappa shape index (κ3) is 3.73. The molecule has 0 saturated carbocycles. The fourth-order valence-electron chi connectivity index (χ4n) is 3.26. The van der Waals surface area contributed by atoms with Gasteiger partial charge in [0.25, 0.3) is 0 Å². The van der Waals surface area contributed by atoms with Crippen molar-refractivity contribution in [3.8, 4) is 0 Å². The van der Waals surface area contributed by atoms with Gasteiger partial charge in [-0.1, -0.05) is 24.3 Å². The Morgan fingerprint density at radius 2 is 1.50 bits per heavy atom. The molecule has 128 valence electrons. The fraction of sp³-hybridized carbons (Fsp3) is 0.368. The normalized spacial score (nSPS) is 16.4. The quantitative estimate of drug-likeness (QED) is 0.892. The van der Waals surface area contributed by atoms with Crippen LogP contribution in [0.1, 0.15) is 35.4 Å². The summed E-state index contributed by atoms with van der Waals surface area (Å²) < 4.78 is 37.9. The van der Waals surface area contributed by atoms with Gasteiger partial charge < -0.3 is 10.6 Å². The van der Waals surface area contributed by atoms with Crippen LogP contribution in [0.3, 0.4) is 0 Å².